The van der Waals surface area contributed by atoms with Gasteiger partial charge in [-0.1, -0.05) is 58.4 Å². The lowest BCUT2D eigenvalue weighted by atomic mass is 10.1. The van der Waals surface area contributed by atoms with Crippen LogP contribution < -0.4 is 0 Å². The number of fused-ring (bicyclic) bond motifs is 1. The van der Waals surface area contributed by atoms with Crippen molar-refractivity contribution in [3.63, 3.8) is 0 Å². The Morgan fingerprint density at radius 2 is 1.62 bits per heavy atom. The van der Waals surface area contributed by atoms with Crippen LogP contribution in [0.25, 0.3) is 10.8 Å². The Morgan fingerprint density at radius 1 is 0.923 bits per heavy atom. The zero-order valence-electron chi connectivity index (χ0n) is 6.63. The predicted octanol–water partition coefficient (Wildman–Crippen LogP) is 2.82. The highest BCUT2D eigenvalue weighted by Crippen LogP contribution is 2.16. The molecule has 0 aliphatic heterocycles. The smallest absolute Gasteiger partial charge is 0.0876 e. The Hall–Kier alpha value is -0.0538. The van der Waals surface area contributed by atoms with Gasteiger partial charge in [-0.15, -0.1) is 0 Å². The first kappa shape index (κ1) is 11.0. The lowest BCUT2D eigenvalue weighted by molar-refractivity contribution is 1.47. The summed E-state index contributed by atoms with van der Waals surface area (Å²) in [4.78, 5) is 0. The lowest BCUT2D eigenvalue weighted by Crippen LogP contribution is -1.77. The standard InChI is InChI=1S/C11H9Br.Mg.2H/c12-8-9-5-6-10-3-1-2-4-11(10)7-9;;;/h1-7H,8H2;;;. The van der Waals surface area contributed by atoms with Crippen molar-refractivity contribution in [2.45, 2.75) is 5.33 Å². The molecule has 0 saturated carbocycles. The Labute approximate surface area is 103 Å². The Kier molecular flexibility index (Phi) is 4.23. The largest absolute Gasteiger partial charge is 0.316 e. The Morgan fingerprint density at radius 3 is 2.31 bits per heavy atom. The second-order valence-electron chi connectivity index (χ2n) is 2.82. The first-order valence-electron chi connectivity index (χ1n) is 3.94. The third kappa shape index (κ3) is 2.45. The van der Waals surface area contributed by atoms with Gasteiger partial charge in [0, 0.05) is 5.33 Å². The van der Waals surface area contributed by atoms with Crippen molar-refractivity contribution < 1.29 is 0 Å². The number of rotatable bonds is 1. The van der Waals surface area contributed by atoms with Crippen molar-refractivity contribution in [3.8, 4) is 0 Å². The van der Waals surface area contributed by atoms with E-state index in [9.17, 15) is 0 Å². The van der Waals surface area contributed by atoms with Gasteiger partial charge in [-0.3, -0.25) is 0 Å². The molecule has 0 aliphatic carbocycles. The van der Waals surface area contributed by atoms with Crippen molar-refractivity contribution in [1.82, 2.24) is 0 Å². The van der Waals surface area contributed by atoms with Gasteiger partial charge in [0.05, 0.1) is 0 Å². The van der Waals surface area contributed by atoms with Gasteiger partial charge in [-0.2, -0.15) is 0 Å². The average Bonchev–Trinajstić information content (AvgIpc) is 2.17. The topological polar surface area (TPSA) is 0 Å². The van der Waals surface area contributed by atoms with Crippen molar-refractivity contribution in [2.75, 3.05) is 0 Å². The fourth-order valence-electron chi connectivity index (χ4n) is 1.32. The van der Waals surface area contributed by atoms with Crippen LogP contribution in [-0.2, 0) is 5.33 Å². The molecule has 2 heteroatoms. The van der Waals surface area contributed by atoms with E-state index in [4.69, 9.17) is 0 Å². The summed E-state index contributed by atoms with van der Waals surface area (Å²) in [5, 5.41) is 3.55. The normalized spacial score (nSPS) is 9.62. The molecule has 0 atom stereocenters. The van der Waals surface area contributed by atoms with Crippen LogP contribution in [0.15, 0.2) is 42.5 Å². The molecule has 0 aromatic heterocycles. The summed E-state index contributed by atoms with van der Waals surface area (Å²) in [6, 6.07) is 14.9. The fraction of sp³-hybridized carbons (Fsp3) is 0.0909. The second-order valence-corrected chi connectivity index (χ2v) is 3.38. The molecule has 0 bridgehead atoms. The SMILES string of the molecule is BrCc1ccc2ccccc2c1.[MgH2]. The van der Waals surface area contributed by atoms with Crippen LogP contribution in [0.3, 0.4) is 0 Å². The van der Waals surface area contributed by atoms with Crippen LogP contribution in [0.4, 0.5) is 0 Å². The maximum atomic E-state index is 3.44. The quantitative estimate of drug-likeness (QED) is 0.537. The third-order valence-electron chi connectivity index (χ3n) is 1.97. The van der Waals surface area contributed by atoms with E-state index in [0.717, 1.165) is 5.33 Å². The molecule has 0 aliphatic rings. The number of benzene rings is 2. The van der Waals surface area contributed by atoms with E-state index in [-0.39, 0.29) is 23.1 Å². The molecule has 2 aromatic carbocycles. The van der Waals surface area contributed by atoms with Crippen molar-refractivity contribution in [2.24, 2.45) is 0 Å². The van der Waals surface area contributed by atoms with Crippen molar-refractivity contribution >= 4 is 49.8 Å². The summed E-state index contributed by atoms with van der Waals surface area (Å²) in [5.41, 5.74) is 1.33. The molecule has 0 N–H and O–H groups in total. The second kappa shape index (κ2) is 4.98. The molecule has 0 amide bonds. The van der Waals surface area contributed by atoms with Gasteiger partial charge >= 0.3 is 23.1 Å². The van der Waals surface area contributed by atoms with Gasteiger partial charge in [0.1, 0.15) is 0 Å². The molecule has 2 aromatic rings. The van der Waals surface area contributed by atoms with Gasteiger partial charge in [0.15, 0.2) is 0 Å². The molecule has 0 nitrogen and oxygen atoms in total. The minimum absolute atomic E-state index is 0. The summed E-state index contributed by atoms with van der Waals surface area (Å²) in [7, 11) is 0. The highest BCUT2D eigenvalue weighted by Gasteiger charge is 1.92. The van der Waals surface area contributed by atoms with E-state index in [2.05, 4.69) is 58.4 Å². The van der Waals surface area contributed by atoms with Gasteiger partial charge in [-0.05, 0) is 16.3 Å². The predicted molar refractivity (Wildman–Crippen MR) is 65.1 cm³/mol. The van der Waals surface area contributed by atoms with E-state index in [1.165, 1.54) is 16.3 Å². The summed E-state index contributed by atoms with van der Waals surface area (Å²) in [5.74, 6) is 0. The van der Waals surface area contributed by atoms with Crippen molar-refractivity contribution in [3.05, 3.63) is 48.0 Å². The molecular formula is C11H11BrMg. The minimum atomic E-state index is 0. The van der Waals surface area contributed by atoms with E-state index in [1.54, 1.807) is 0 Å². The molecule has 0 fully saturated rings. The Bertz CT molecular complexity index is 398. The number of hydrogen-bond acceptors (Lipinski definition) is 0. The van der Waals surface area contributed by atoms with E-state index >= 15 is 0 Å². The molecule has 64 valence electrons. The molecule has 0 saturated heterocycles. The summed E-state index contributed by atoms with van der Waals surface area (Å²) < 4.78 is 0. The van der Waals surface area contributed by atoms with E-state index < -0.39 is 0 Å². The maximum Gasteiger partial charge on any atom is 0.316 e. The molecule has 0 radical (unpaired) electrons. The first-order valence-corrected chi connectivity index (χ1v) is 5.06. The molecule has 13 heavy (non-hydrogen) atoms. The maximum absolute atomic E-state index is 3.44. The van der Waals surface area contributed by atoms with Crippen LogP contribution >= 0.6 is 15.9 Å². The Balaban J connectivity index is 0.000000845. The zero-order valence-corrected chi connectivity index (χ0v) is 8.21. The van der Waals surface area contributed by atoms with Crippen LogP contribution in [0.2, 0.25) is 0 Å². The number of alkyl halides is 1. The molecule has 0 heterocycles. The highest BCUT2D eigenvalue weighted by molar-refractivity contribution is 9.08. The van der Waals surface area contributed by atoms with Gasteiger partial charge in [0.2, 0.25) is 0 Å². The van der Waals surface area contributed by atoms with E-state index in [0.29, 0.717) is 0 Å². The first-order chi connectivity index (χ1) is 5.90. The summed E-state index contributed by atoms with van der Waals surface area (Å²) >= 11 is 3.44. The molecular weight excluding hydrogens is 236 g/mol. The van der Waals surface area contributed by atoms with Gasteiger partial charge in [-0.25, -0.2) is 0 Å². The average molecular weight is 247 g/mol. The zero-order chi connectivity index (χ0) is 8.39. The van der Waals surface area contributed by atoms with Crippen LogP contribution in [0, 0.1) is 0 Å². The molecule has 0 spiro atoms. The van der Waals surface area contributed by atoms with Gasteiger partial charge in [0.25, 0.3) is 0 Å². The highest BCUT2D eigenvalue weighted by atomic mass is 79.9. The number of halogens is 1. The summed E-state index contributed by atoms with van der Waals surface area (Å²) in [6.45, 7) is 0. The third-order valence-corrected chi connectivity index (χ3v) is 2.62. The van der Waals surface area contributed by atoms with Crippen LogP contribution in [0.5, 0.6) is 0 Å². The molecule has 2 rings (SSSR count). The van der Waals surface area contributed by atoms with Crippen LogP contribution in [-0.4, -0.2) is 23.1 Å². The van der Waals surface area contributed by atoms with Crippen LogP contribution in [0.1, 0.15) is 5.56 Å². The lowest BCUT2D eigenvalue weighted by Gasteiger charge is -1.98. The fourth-order valence-corrected chi connectivity index (χ4v) is 1.67. The van der Waals surface area contributed by atoms with Crippen molar-refractivity contribution in [1.29, 1.82) is 0 Å². The minimum Gasteiger partial charge on any atom is -0.0876 e. The molecule has 0 unspecified atom stereocenters. The van der Waals surface area contributed by atoms with Gasteiger partial charge < -0.3 is 0 Å². The van der Waals surface area contributed by atoms with E-state index in [1.807, 2.05) is 0 Å². The number of hydrogen-bond donors (Lipinski definition) is 0. The monoisotopic (exact) mass is 246 g/mol. The summed E-state index contributed by atoms with van der Waals surface area (Å²) in [6.07, 6.45) is 0.